The fourth-order valence-corrected chi connectivity index (χ4v) is 1.75. The summed E-state index contributed by atoms with van der Waals surface area (Å²) in [4.78, 5) is 22.3. The summed E-state index contributed by atoms with van der Waals surface area (Å²) < 4.78 is 34.3. The van der Waals surface area contributed by atoms with Gasteiger partial charge in [0.05, 0.1) is 6.61 Å². The van der Waals surface area contributed by atoms with Crippen LogP contribution < -0.4 is 20.1 Å². The van der Waals surface area contributed by atoms with Gasteiger partial charge in [-0.3, -0.25) is 9.59 Å². The lowest BCUT2D eigenvalue weighted by Crippen LogP contribution is -2.32. The summed E-state index contributed by atoms with van der Waals surface area (Å²) in [6.07, 6.45) is 2.81. The predicted molar refractivity (Wildman–Crippen MR) is 85.0 cm³/mol. The maximum Gasteiger partial charge on any atom is 0.387 e. The zero-order valence-corrected chi connectivity index (χ0v) is 13.5. The van der Waals surface area contributed by atoms with Crippen LogP contribution >= 0.6 is 0 Å². The molecule has 0 unspecified atom stereocenters. The highest BCUT2D eigenvalue weighted by Gasteiger charge is 2.11. The van der Waals surface area contributed by atoms with Crippen LogP contribution in [0, 0.1) is 0 Å². The van der Waals surface area contributed by atoms with Crippen molar-refractivity contribution in [1.82, 2.24) is 10.6 Å². The molecule has 0 saturated carbocycles. The third-order valence-electron chi connectivity index (χ3n) is 2.71. The van der Waals surface area contributed by atoms with Crippen LogP contribution in [0.5, 0.6) is 11.5 Å². The largest absolute Gasteiger partial charge is 0.490 e. The molecule has 8 heteroatoms. The number of carbonyl (C=O) groups is 2. The average molecular weight is 342 g/mol. The molecule has 0 heterocycles. The highest BCUT2D eigenvalue weighted by Crippen LogP contribution is 2.30. The first-order valence-electron chi connectivity index (χ1n) is 7.34. The zero-order valence-electron chi connectivity index (χ0n) is 13.5. The van der Waals surface area contributed by atoms with E-state index >= 15 is 0 Å². The van der Waals surface area contributed by atoms with Gasteiger partial charge in [0.1, 0.15) is 0 Å². The Morgan fingerprint density at radius 2 is 1.92 bits per heavy atom. The van der Waals surface area contributed by atoms with E-state index in [1.807, 2.05) is 0 Å². The lowest BCUT2D eigenvalue weighted by molar-refractivity contribution is -0.119. The molecule has 0 bridgehead atoms. The summed E-state index contributed by atoms with van der Waals surface area (Å²) in [7, 11) is 0. The van der Waals surface area contributed by atoms with Crippen molar-refractivity contribution in [2.45, 2.75) is 20.5 Å². The lowest BCUT2D eigenvalue weighted by Gasteiger charge is -2.11. The van der Waals surface area contributed by atoms with Gasteiger partial charge in [0, 0.05) is 26.1 Å². The molecule has 2 N–H and O–H groups in total. The quantitative estimate of drug-likeness (QED) is 0.531. The molecule has 0 aromatic heterocycles. The number of hydrogen-bond donors (Lipinski definition) is 2. The van der Waals surface area contributed by atoms with E-state index in [2.05, 4.69) is 15.4 Å². The van der Waals surface area contributed by atoms with E-state index in [1.165, 1.54) is 37.3 Å². The van der Waals surface area contributed by atoms with E-state index < -0.39 is 6.61 Å². The van der Waals surface area contributed by atoms with Crippen LogP contribution in [-0.4, -0.2) is 38.1 Å². The second kappa shape index (κ2) is 10.2. The minimum Gasteiger partial charge on any atom is -0.490 e. The summed E-state index contributed by atoms with van der Waals surface area (Å²) in [5.74, 6) is -0.407. The van der Waals surface area contributed by atoms with Gasteiger partial charge in [-0.25, -0.2) is 0 Å². The first kappa shape index (κ1) is 19.4. The fraction of sp³-hybridized carbons (Fsp3) is 0.375. The number of hydrogen-bond acceptors (Lipinski definition) is 4. The summed E-state index contributed by atoms with van der Waals surface area (Å²) in [5.41, 5.74) is 0.595. The Morgan fingerprint density at radius 3 is 2.54 bits per heavy atom. The van der Waals surface area contributed by atoms with Crippen molar-refractivity contribution in [3.63, 3.8) is 0 Å². The van der Waals surface area contributed by atoms with Gasteiger partial charge >= 0.3 is 6.61 Å². The van der Waals surface area contributed by atoms with Gasteiger partial charge in [0.15, 0.2) is 11.5 Å². The summed E-state index contributed by atoms with van der Waals surface area (Å²) in [6.45, 7) is 1.09. The maximum absolute atomic E-state index is 12.3. The van der Waals surface area contributed by atoms with Crippen molar-refractivity contribution in [2.75, 3.05) is 19.7 Å². The topological polar surface area (TPSA) is 76.7 Å². The third kappa shape index (κ3) is 7.57. The van der Waals surface area contributed by atoms with Crippen molar-refractivity contribution in [1.29, 1.82) is 0 Å². The molecule has 0 aliphatic rings. The van der Waals surface area contributed by atoms with Crippen molar-refractivity contribution in [2.24, 2.45) is 0 Å². The summed E-state index contributed by atoms with van der Waals surface area (Å²) in [5, 5.41) is 5.14. The molecule has 1 aromatic carbocycles. The Bertz CT molecular complexity index is 591. The van der Waals surface area contributed by atoms with Crippen molar-refractivity contribution in [3.8, 4) is 11.5 Å². The van der Waals surface area contributed by atoms with Gasteiger partial charge in [0.25, 0.3) is 0 Å². The minimum absolute atomic E-state index is 0.0660. The van der Waals surface area contributed by atoms with E-state index in [0.717, 1.165) is 0 Å². The standard InChI is InChI=1S/C16H20F2N2O4/c1-3-23-14-10-12(4-6-13(14)24-16(17)18)5-7-15(22)20-9-8-19-11(2)21/h4-7,10,16H,3,8-9H2,1-2H3,(H,19,21)(H,20,22)/b7-5+. The molecule has 1 rings (SSSR count). The average Bonchev–Trinajstić information content (AvgIpc) is 2.51. The number of benzene rings is 1. The fourth-order valence-electron chi connectivity index (χ4n) is 1.75. The highest BCUT2D eigenvalue weighted by atomic mass is 19.3. The Labute approximate surface area is 138 Å². The van der Waals surface area contributed by atoms with E-state index in [1.54, 1.807) is 6.92 Å². The van der Waals surface area contributed by atoms with Gasteiger partial charge in [-0.1, -0.05) is 6.07 Å². The second-order valence-electron chi connectivity index (χ2n) is 4.63. The number of halogens is 2. The van der Waals surface area contributed by atoms with Crippen molar-refractivity contribution in [3.05, 3.63) is 29.8 Å². The van der Waals surface area contributed by atoms with E-state index in [9.17, 15) is 18.4 Å². The Balaban J connectivity index is 2.64. The van der Waals surface area contributed by atoms with E-state index in [0.29, 0.717) is 18.7 Å². The van der Waals surface area contributed by atoms with Crippen LogP contribution in [0.2, 0.25) is 0 Å². The normalized spacial score (nSPS) is 10.7. The molecule has 132 valence electrons. The van der Waals surface area contributed by atoms with E-state index in [4.69, 9.17) is 4.74 Å². The molecule has 2 amide bonds. The molecule has 6 nitrogen and oxygen atoms in total. The molecule has 0 saturated heterocycles. The molecule has 0 aliphatic heterocycles. The third-order valence-corrected chi connectivity index (χ3v) is 2.71. The van der Waals surface area contributed by atoms with Crippen LogP contribution in [0.1, 0.15) is 19.4 Å². The number of rotatable bonds is 9. The first-order valence-corrected chi connectivity index (χ1v) is 7.34. The Hall–Kier alpha value is -2.64. The first-order chi connectivity index (χ1) is 11.4. The van der Waals surface area contributed by atoms with Crippen LogP contribution in [-0.2, 0) is 9.59 Å². The molecular formula is C16H20F2N2O4. The Morgan fingerprint density at radius 1 is 1.21 bits per heavy atom. The van der Waals surface area contributed by atoms with Crippen molar-refractivity contribution < 1.29 is 27.8 Å². The van der Waals surface area contributed by atoms with Crippen molar-refractivity contribution >= 4 is 17.9 Å². The second-order valence-corrected chi connectivity index (χ2v) is 4.63. The van der Waals surface area contributed by atoms with Gasteiger partial charge in [-0.2, -0.15) is 8.78 Å². The van der Waals surface area contributed by atoms with Crippen LogP contribution in [0.4, 0.5) is 8.78 Å². The van der Waals surface area contributed by atoms with Gasteiger partial charge in [-0.15, -0.1) is 0 Å². The molecule has 0 atom stereocenters. The van der Waals surface area contributed by atoms with E-state index in [-0.39, 0.29) is 29.9 Å². The van der Waals surface area contributed by atoms with Gasteiger partial charge < -0.3 is 20.1 Å². The SMILES string of the molecule is CCOc1cc(/C=C/C(=O)NCCNC(C)=O)ccc1OC(F)F. The molecular weight excluding hydrogens is 322 g/mol. The zero-order chi connectivity index (χ0) is 17.9. The number of carbonyl (C=O) groups excluding carboxylic acids is 2. The molecule has 1 aromatic rings. The van der Waals surface area contributed by atoms with Crippen LogP contribution in [0.25, 0.3) is 6.08 Å². The summed E-state index contributed by atoms with van der Waals surface area (Å²) in [6, 6.07) is 4.38. The molecule has 0 spiro atoms. The number of amides is 2. The Kier molecular flexibility index (Phi) is 8.24. The highest BCUT2D eigenvalue weighted by molar-refractivity contribution is 5.91. The number of alkyl halides is 2. The number of nitrogens with one attached hydrogen (secondary N) is 2. The molecule has 0 radical (unpaired) electrons. The van der Waals surface area contributed by atoms with Gasteiger partial charge in [0.2, 0.25) is 11.8 Å². The molecule has 24 heavy (non-hydrogen) atoms. The lowest BCUT2D eigenvalue weighted by atomic mass is 10.2. The molecule has 0 fully saturated rings. The predicted octanol–water partition coefficient (Wildman–Crippen LogP) is 1.95. The minimum atomic E-state index is -2.94. The number of ether oxygens (including phenoxy) is 2. The van der Waals surface area contributed by atoms with Gasteiger partial charge in [-0.05, 0) is 30.7 Å². The summed E-state index contributed by atoms with van der Waals surface area (Å²) >= 11 is 0. The monoisotopic (exact) mass is 342 g/mol. The smallest absolute Gasteiger partial charge is 0.387 e. The van der Waals surface area contributed by atoms with Crippen LogP contribution in [0.15, 0.2) is 24.3 Å². The molecule has 0 aliphatic carbocycles. The maximum atomic E-state index is 12.3. The van der Waals surface area contributed by atoms with Crippen LogP contribution in [0.3, 0.4) is 0 Å².